The highest BCUT2D eigenvalue weighted by Crippen LogP contribution is 2.24. The van der Waals surface area contributed by atoms with Gasteiger partial charge in [-0.15, -0.1) is 0 Å². The zero-order chi connectivity index (χ0) is 18.6. The number of piperazine rings is 1. The average Bonchev–Trinajstić information content (AvgIpc) is 2.49. The van der Waals surface area contributed by atoms with Crippen molar-refractivity contribution >= 4 is 35.0 Å². The molecule has 0 saturated carbocycles. The molecule has 0 spiro atoms. The van der Waals surface area contributed by atoms with Crippen LogP contribution in [0.2, 0.25) is 10.0 Å². The fraction of sp³-hybridized carbons (Fsp3) is 0.556. The first-order valence-corrected chi connectivity index (χ1v) is 9.26. The molecule has 0 radical (unpaired) electrons. The first kappa shape index (κ1) is 20.0. The Morgan fingerprint density at radius 3 is 2.76 bits per heavy atom. The molecule has 1 saturated heterocycles. The normalized spacial score (nSPS) is 18.3. The van der Waals surface area contributed by atoms with Gasteiger partial charge in [0.05, 0.1) is 12.5 Å². The molecule has 2 rings (SSSR count). The van der Waals surface area contributed by atoms with E-state index in [0.717, 1.165) is 24.2 Å². The average molecular weight is 386 g/mol. The van der Waals surface area contributed by atoms with Crippen LogP contribution in [0.3, 0.4) is 0 Å². The molecule has 2 N–H and O–H groups in total. The zero-order valence-electron chi connectivity index (χ0n) is 14.9. The lowest BCUT2D eigenvalue weighted by atomic mass is 10.1. The van der Waals surface area contributed by atoms with Gasteiger partial charge in [-0.3, -0.25) is 14.5 Å². The summed E-state index contributed by atoms with van der Waals surface area (Å²) in [5.74, 6) is 0.191. The summed E-state index contributed by atoms with van der Waals surface area (Å²) in [4.78, 5) is 26.6. The fourth-order valence-electron chi connectivity index (χ4n) is 3.06. The molecule has 1 aliphatic heterocycles. The number of hydrogen-bond donors (Lipinski definition) is 2. The Labute approximate surface area is 159 Å². The van der Waals surface area contributed by atoms with Gasteiger partial charge < -0.3 is 10.6 Å². The number of benzene rings is 1. The molecule has 25 heavy (non-hydrogen) atoms. The lowest BCUT2D eigenvalue weighted by Crippen LogP contribution is -2.57. The van der Waals surface area contributed by atoms with E-state index in [-0.39, 0.29) is 18.2 Å². The Bertz CT molecular complexity index is 626. The summed E-state index contributed by atoms with van der Waals surface area (Å²) < 4.78 is 0. The first-order chi connectivity index (χ1) is 11.8. The third kappa shape index (κ3) is 5.59. The minimum atomic E-state index is -0.419. The summed E-state index contributed by atoms with van der Waals surface area (Å²) in [5.41, 5.74) is 1.76. The van der Waals surface area contributed by atoms with Gasteiger partial charge in [-0.2, -0.15) is 0 Å². The van der Waals surface area contributed by atoms with Crippen molar-refractivity contribution in [3.8, 4) is 0 Å². The molecule has 1 atom stereocenters. The number of nitrogens with zero attached hydrogens (tertiary/aromatic N) is 1. The maximum Gasteiger partial charge on any atom is 0.237 e. The lowest BCUT2D eigenvalue weighted by Gasteiger charge is -2.35. The third-order valence-corrected chi connectivity index (χ3v) is 4.82. The number of rotatable bonds is 6. The van der Waals surface area contributed by atoms with Crippen LogP contribution in [0.4, 0.5) is 0 Å². The van der Waals surface area contributed by atoms with E-state index in [0.29, 0.717) is 29.1 Å². The second-order valence-electron chi connectivity index (χ2n) is 6.86. The van der Waals surface area contributed by atoms with Crippen molar-refractivity contribution in [3.05, 3.63) is 33.3 Å². The van der Waals surface area contributed by atoms with Gasteiger partial charge in [-0.05, 0) is 36.1 Å². The van der Waals surface area contributed by atoms with E-state index in [1.54, 1.807) is 6.07 Å². The minimum Gasteiger partial charge on any atom is -0.353 e. The Morgan fingerprint density at radius 1 is 1.40 bits per heavy atom. The molecule has 2 amide bonds. The van der Waals surface area contributed by atoms with Crippen LogP contribution in [0.15, 0.2) is 12.1 Å². The molecule has 0 unspecified atom stereocenters. The molecule has 7 heteroatoms. The van der Waals surface area contributed by atoms with Crippen molar-refractivity contribution in [3.63, 3.8) is 0 Å². The molecular weight excluding hydrogens is 361 g/mol. The van der Waals surface area contributed by atoms with E-state index in [4.69, 9.17) is 23.2 Å². The SMILES string of the molecule is Cc1cc(Cl)cc(Cl)c1CNC(=O)C[C@H]1C(=O)NCCN1CC(C)C. The van der Waals surface area contributed by atoms with Crippen LogP contribution in [0.1, 0.15) is 31.4 Å². The molecule has 0 aliphatic carbocycles. The zero-order valence-corrected chi connectivity index (χ0v) is 16.4. The number of amides is 2. The third-order valence-electron chi connectivity index (χ3n) is 4.27. The van der Waals surface area contributed by atoms with E-state index in [9.17, 15) is 9.59 Å². The molecule has 1 fully saturated rings. The van der Waals surface area contributed by atoms with Gasteiger partial charge >= 0.3 is 0 Å². The van der Waals surface area contributed by atoms with E-state index < -0.39 is 6.04 Å². The minimum absolute atomic E-state index is 0.0808. The van der Waals surface area contributed by atoms with Gasteiger partial charge in [-0.25, -0.2) is 0 Å². The van der Waals surface area contributed by atoms with Crippen molar-refractivity contribution in [2.75, 3.05) is 19.6 Å². The quantitative estimate of drug-likeness (QED) is 0.791. The summed E-state index contributed by atoms with van der Waals surface area (Å²) in [5, 5.41) is 6.81. The Balaban J connectivity index is 1.97. The largest absolute Gasteiger partial charge is 0.353 e. The van der Waals surface area contributed by atoms with Crippen LogP contribution in [-0.2, 0) is 16.1 Å². The van der Waals surface area contributed by atoms with Crippen molar-refractivity contribution in [2.45, 2.75) is 39.8 Å². The van der Waals surface area contributed by atoms with Crippen molar-refractivity contribution in [1.82, 2.24) is 15.5 Å². The van der Waals surface area contributed by atoms with Crippen LogP contribution in [-0.4, -0.2) is 42.4 Å². The van der Waals surface area contributed by atoms with E-state index in [1.165, 1.54) is 0 Å². The number of aryl methyl sites for hydroxylation is 1. The number of nitrogens with one attached hydrogen (secondary N) is 2. The molecular formula is C18H25Cl2N3O2. The predicted octanol–water partition coefficient (Wildman–Crippen LogP) is 2.76. The van der Waals surface area contributed by atoms with E-state index >= 15 is 0 Å². The van der Waals surface area contributed by atoms with Gasteiger partial charge in [0.2, 0.25) is 11.8 Å². The molecule has 1 heterocycles. The predicted molar refractivity (Wildman–Crippen MR) is 101 cm³/mol. The molecule has 1 aromatic rings. The van der Waals surface area contributed by atoms with Gasteiger partial charge in [-0.1, -0.05) is 37.0 Å². The molecule has 0 bridgehead atoms. The molecule has 5 nitrogen and oxygen atoms in total. The number of hydrogen-bond acceptors (Lipinski definition) is 3. The van der Waals surface area contributed by atoms with Crippen LogP contribution in [0.5, 0.6) is 0 Å². The van der Waals surface area contributed by atoms with Gasteiger partial charge in [0.15, 0.2) is 0 Å². The topological polar surface area (TPSA) is 61.4 Å². The Hall–Kier alpha value is -1.30. The summed E-state index contributed by atoms with van der Waals surface area (Å²) in [7, 11) is 0. The van der Waals surface area contributed by atoms with Crippen molar-refractivity contribution in [1.29, 1.82) is 0 Å². The van der Waals surface area contributed by atoms with Crippen molar-refractivity contribution in [2.24, 2.45) is 5.92 Å². The van der Waals surface area contributed by atoms with Crippen LogP contribution >= 0.6 is 23.2 Å². The lowest BCUT2D eigenvalue weighted by molar-refractivity contribution is -0.134. The molecule has 1 aromatic carbocycles. The highest BCUT2D eigenvalue weighted by atomic mass is 35.5. The monoisotopic (exact) mass is 385 g/mol. The first-order valence-electron chi connectivity index (χ1n) is 8.51. The van der Waals surface area contributed by atoms with Gasteiger partial charge in [0.25, 0.3) is 0 Å². The highest BCUT2D eigenvalue weighted by molar-refractivity contribution is 6.35. The Morgan fingerprint density at radius 2 is 2.12 bits per heavy atom. The van der Waals surface area contributed by atoms with E-state index in [1.807, 2.05) is 13.0 Å². The standard InChI is InChI=1S/C18H25Cl2N3O2/c1-11(2)10-23-5-4-21-18(25)16(23)8-17(24)22-9-14-12(3)6-13(19)7-15(14)20/h6-7,11,16H,4-5,8-10H2,1-3H3,(H,21,25)(H,22,24)/t16-/m0/s1. The fourth-order valence-corrected chi connectivity index (χ4v) is 3.72. The van der Waals surface area contributed by atoms with Gasteiger partial charge in [0.1, 0.15) is 0 Å². The maximum absolute atomic E-state index is 12.4. The smallest absolute Gasteiger partial charge is 0.237 e. The Kier molecular flexibility index (Phi) is 7.11. The van der Waals surface area contributed by atoms with Gasteiger partial charge in [0, 0.05) is 36.2 Å². The summed E-state index contributed by atoms with van der Waals surface area (Å²) >= 11 is 12.2. The number of halogens is 2. The highest BCUT2D eigenvalue weighted by Gasteiger charge is 2.31. The number of carbonyl (C=O) groups is 2. The summed E-state index contributed by atoms with van der Waals surface area (Å²) in [6, 6.07) is 3.06. The van der Waals surface area contributed by atoms with E-state index in [2.05, 4.69) is 29.4 Å². The van der Waals surface area contributed by atoms with Crippen LogP contribution in [0.25, 0.3) is 0 Å². The molecule has 138 valence electrons. The number of carbonyl (C=O) groups excluding carboxylic acids is 2. The summed E-state index contributed by atoms with van der Waals surface area (Å²) in [6.45, 7) is 8.63. The molecule has 1 aliphatic rings. The van der Waals surface area contributed by atoms with Crippen LogP contribution in [0, 0.1) is 12.8 Å². The summed E-state index contributed by atoms with van der Waals surface area (Å²) in [6.07, 6.45) is 0.142. The second kappa shape index (κ2) is 8.88. The maximum atomic E-state index is 12.4. The van der Waals surface area contributed by atoms with Crippen molar-refractivity contribution < 1.29 is 9.59 Å². The van der Waals surface area contributed by atoms with Crippen LogP contribution < -0.4 is 10.6 Å². The molecule has 0 aromatic heterocycles. The second-order valence-corrected chi connectivity index (χ2v) is 7.70.